The van der Waals surface area contributed by atoms with Crippen molar-refractivity contribution in [2.45, 2.75) is 56.9 Å². The zero-order chi connectivity index (χ0) is 31.5. The van der Waals surface area contributed by atoms with Crippen LogP contribution in [0.2, 0.25) is 0 Å². The highest BCUT2D eigenvalue weighted by atomic mass is 31.2. The molecular weight excluding hydrogens is 593 g/mol. The number of aliphatic hydroxyl groups excluding tert-OH is 1. The molecule has 6 atom stereocenters. The highest BCUT2D eigenvalue weighted by Gasteiger charge is 2.55. The molecule has 0 amide bonds. The molecule has 14 nitrogen and oxygen atoms in total. The van der Waals surface area contributed by atoms with E-state index in [0.717, 1.165) is 10.8 Å². The largest absolute Gasteiger partial charge is 0.462 e. The lowest BCUT2D eigenvalue weighted by atomic mass is 9.91. The maximum atomic E-state index is 14.8. The average Bonchev–Trinajstić information content (AvgIpc) is 3.39. The summed E-state index contributed by atoms with van der Waals surface area (Å²) in [4.78, 5) is 30.9. The third-order valence-corrected chi connectivity index (χ3v) is 7.91. The number of nitrogen functional groups attached to an aromatic ring is 1. The fourth-order valence-electron chi connectivity index (χ4n) is 4.37. The van der Waals surface area contributed by atoms with Gasteiger partial charge in [-0.3, -0.25) is 23.7 Å². The molecule has 232 valence electrons. The summed E-state index contributed by atoms with van der Waals surface area (Å²) < 4.78 is 65.0. The Bertz CT molecular complexity index is 1640. The summed E-state index contributed by atoms with van der Waals surface area (Å²) in [7, 11) is -4.40. The Hall–Kier alpha value is -3.84. The molecule has 7 N–H and O–H groups in total. The molecule has 0 radical (unpaired) electrons. The van der Waals surface area contributed by atoms with Gasteiger partial charge in [0.1, 0.15) is 36.1 Å². The van der Waals surface area contributed by atoms with Gasteiger partial charge in [0.25, 0.3) is 5.56 Å². The number of hydrogen-bond donors (Lipinski definition) is 5. The zero-order valence-electron chi connectivity index (χ0n) is 23.3. The number of aromatic nitrogens is 3. The van der Waals surface area contributed by atoms with Crippen LogP contribution in [0.3, 0.4) is 0 Å². The van der Waals surface area contributed by atoms with Crippen LogP contribution in [0.15, 0.2) is 41.3 Å². The molecule has 1 aliphatic heterocycles. The quantitative estimate of drug-likeness (QED) is 0.124. The van der Waals surface area contributed by atoms with Crippen molar-refractivity contribution in [2.24, 2.45) is 5.73 Å². The minimum atomic E-state index is -4.40. The number of aliphatic hydroxyl groups is 1. The van der Waals surface area contributed by atoms with Gasteiger partial charge < -0.3 is 30.6 Å². The summed E-state index contributed by atoms with van der Waals surface area (Å²) in [5, 5.41) is 13.2. The van der Waals surface area contributed by atoms with Crippen molar-refractivity contribution in [2.75, 3.05) is 19.0 Å². The zero-order valence-corrected chi connectivity index (χ0v) is 24.2. The number of nitrogens with zero attached hydrogens (tertiary/aromatic N) is 2. The maximum absolute atomic E-state index is 14.8. The Morgan fingerprint density at radius 3 is 2.70 bits per heavy atom. The number of benzene rings is 1. The van der Waals surface area contributed by atoms with Gasteiger partial charge in [-0.15, -0.1) is 0 Å². The summed E-state index contributed by atoms with van der Waals surface area (Å²) in [5.74, 6) is 2.57. The maximum Gasteiger partial charge on any atom is 0.459 e. The molecule has 3 unspecified atom stereocenters. The van der Waals surface area contributed by atoms with Crippen molar-refractivity contribution < 1.29 is 41.8 Å². The van der Waals surface area contributed by atoms with Gasteiger partial charge >= 0.3 is 13.7 Å². The molecule has 1 saturated heterocycles. The number of alkyl halides is 1. The molecule has 17 heteroatoms. The molecule has 2 aromatic heterocycles. The second-order valence-corrected chi connectivity index (χ2v) is 11.6. The monoisotopic (exact) mass is 624 g/mol. The normalized spacial score (nSPS) is 23.9. The van der Waals surface area contributed by atoms with Crippen molar-refractivity contribution in [1.82, 2.24) is 19.6 Å². The van der Waals surface area contributed by atoms with E-state index in [0.29, 0.717) is 0 Å². The number of carbonyl (C=O) groups excluding carboxylic acids is 1. The summed E-state index contributed by atoms with van der Waals surface area (Å²) in [6.07, 6.45) is -4.33. The molecule has 0 spiro atoms. The number of fused-ring (bicyclic) bond motifs is 1. The first-order chi connectivity index (χ1) is 20.3. The van der Waals surface area contributed by atoms with Gasteiger partial charge in [0.05, 0.1) is 12.7 Å². The van der Waals surface area contributed by atoms with E-state index in [4.69, 9.17) is 30.0 Å². The Balaban J connectivity index is 1.66. The third kappa shape index (κ3) is 6.88. The molecule has 0 bridgehead atoms. The number of para-hydroxylation sites is 1. The Kier molecular flexibility index (Phi) is 9.55. The second kappa shape index (κ2) is 12.8. The van der Waals surface area contributed by atoms with Gasteiger partial charge in [-0.25, -0.2) is 13.3 Å². The number of aromatic amines is 1. The van der Waals surface area contributed by atoms with Crippen molar-refractivity contribution in [3.63, 3.8) is 0 Å². The number of ether oxygens (including phenoxy) is 2. The number of halogens is 2. The van der Waals surface area contributed by atoms with E-state index in [1.807, 2.05) is 0 Å². The fraction of sp³-hybridized carbons (Fsp3) is 0.423. The van der Waals surface area contributed by atoms with Crippen molar-refractivity contribution >= 4 is 30.7 Å². The number of H-pyrrole nitrogens is 1. The first-order valence-corrected chi connectivity index (χ1v) is 14.5. The van der Waals surface area contributed by atoms with Crippen LogP contribution >= 0.6 is 7.75 Å². The number of rotatable bonds is 10. The van der Waals surface area contributed by atoms with Gasteiger partial charge in [-0.2, -0.15) is 10.1 Å². The summed E-state index contributed by atoms with van der Waals surface area (Å²) in [6.45, 7) is 2.85. The molecule has 43 heavy (non-hydrogen) atoms. The Morgan fingerprint density at radius 2 is 2.05 bits per heavy atom. The molecule has 1 aliphatic rings. The minimum absolute atomic E-state index is 0.124. The van der Waals surface area contributed by atoms with E-state index in [9.17, 15) is 28.0 Å². The number of nitrogens with one attached hydrogen (secondary N) is 2. The topological polar surface area (TPSA) is 206 Å². The van der Waals surface area contributed by atoms with Crippen LogP contribution in [0.4, 0.5) is 14.7 Å². The molecule has 3 aromatic rings. The predicted octanol–water partition coefficient (Wildman–Crippen LogP) is 1.51. The molecule has 3 heterocycles. The van der Waals surface area contributed by atoms with E-state index in [1.54, 1.807) is 32.0 Å². The van der Waals surface area contributed by atoms with E-state index in [-0.39, 0.29) is 17.3 Å². The smallest absolute Gasteiger partial charge is 0.459 e. The summed E-state index contributed by atoms with van der Waals surface area (Å²) in [6, 6.07) is 6.75. The standard InChI is InChI=1S/C26H31F2N6O8P/c1-14(2)40-23(37)15(3)33-43(38,42-16-8-5-4-6-9-16)39-13-18-20(35)26(30,10-7-11-27)24(41-18)34-12-17(28)19-21(34)31-25(29)32-22(19)36/h4-6,8-9,12,14-15,18,20,24,35H,11,13,30H2,1-3H3,(H,33,38)(H3,29,31,32,36)/t15?,18-,20?,24-,26-,43?/m1/s1. The third-order valence-electron chi connectivity index (χ3n) is 6.27. The SMILES string of the molecule is CC(C)OC(=O)C(C)NP(=O)(OC[C@H]1O[C@@H](n2cc(F)c3c(=O)[nH]c(N)nc32)[C@@](N)(C#CCF)C1O)Oc1ccccc1. The van der Waals surface area contributed by atoms with E-state index in [2.05, 4.69) is 26.9 Å². The number of anilines is 1. The summed E-state index contributed by atoms with van der Waals surface area (Å²) >= 11 is 0. The number of esters is 1. The van der Waals surface area contributed by atoms with Crippen molar-refractivity contribution in [1.29, 1.82) is 0 Å². The number of hydrogen-bond acceptors (Lipinski definition) is 11. The van der Waals surface area contributed by atoms with Gasteiger partial charge in [-0.05, 0) is 32.9 Å². The fourth-order valence-corrected chi connectivity index (χ4v) is 5.87. The number of nitrogens with two attached hydrogens (primary N) is 2. The molecule has 1 fully saturated rings. The minimum Gasteiger partial charge on any atom is -0.462 e. The lowest BCUT2D eigenvalue weighted by Crippen LogP contribution is -2.53. The van der Waals surface area contributed by atoms with Gasteiger partial charge in [-0.1, -0.05) is 30.0 Å². The Morgan fingerprint density at radius 1 is 1.35 bits per heavy atom. The summed E-state index contributed by atoms with van der Waals surface area (Å²) in [5.41, 5.74) is 8.79. The van der Waals surface area contributed by atoms with Crippen LogP contribution in [-0.2, 0) is 23.4 Å². The number of carbonyl (C=O) groups is 1. The van der Waals surface area contributed by atoms with Crippen LogP contribution in [0.5, 0.6) is 5.75 Å². The van der Waals surface area contributed by atoms with Crippen LogP contribution in [-0.4, -0.2) is 68.8 Å². The van der Waals surface area contributed by atoms with Crippen LogP contribution in [0.1, 0.15) is 27.0 Å². The Labute approximate surface area is 244 Å². The molecular formula is C26H31F2N6O8P. The van der Waals surface area contributed by atoms with Crippen molar-refractivity contribution in [3.8, 4) is 17.6 Å². The molecule has 1 aromatic carbocycles. The van der Waals surface area contributed by atoms with Crippen LogP contribution in [0, 0.1) is 17.7 Å². The van der Waals surface area contributed by atoms with Gasteiger partial charge in [0.15, 0.2) is 23.2 Å². The first-order valence-electron chi connectivity index (χ1n) is 13.0. The van der Waals surface area contributed by atoms with E-state index < -0.39 is 79.9 Å². The van der Waals surface area contributed by atoms with Gasteiger partial charge in [0.2, 0.25) is 5.95 Å². The highest BCUT2D eigenvalue weighted by molar-refractivity contribution is 7.52. The van der Waals surface area contributed by atoms with E-state index in [1.165, 1.54) is 19.1 Å². The molecule has 0 saturated carbocycles. The average molecular weight is 625 g/mol. The predicted molar refractivity (Wildman–Crippen MR) is 150 cm³/mol. The van der Waals surface area contributed by atoms with E-state index >= 15 is 0 Å². The molecule has 0 aliphatic carbocycles. The van der Waals surface area contributed by atoms with Crippen LogP contribution < -0.4 is 26.6 Å². The first kappa shape index (κ1) is 32.1. The second-order valence-electron chi connectivity index (χ2n) is 9.91. The van der Waals surface area contributed by atoms with Crippen molar-refractivity contribution in [3.05, 3.63) is 52.7 Å². The lowest BCUT2D eigenvalue weighted by molar-refractivity contribution is -0.149. The van der Waals surface area contributed by atoms with Gasteiger partial charge in [0, 0.05) is 6.20 Å². The van der Waals surface area contributed by atoms with Crippen LogP contribution in [0.25, 0.3) is 11.0 Å². The lowest BCUT2D eigenvalue weighted by Gasteiger charge is -2.28. The molecule has 4 rings (SSSR count). The highest BCUT2D eigenvalue weighted by Crippen LogP contribution is 2.47.